The number of thioether (sulfide) groups is 1. The van der Waals surface area contributed by atoms with Gasteiger partial charge < -0.3 is 15.8 Å². The minimum Gasteiger partial charge on any atom is -0.496 e. The number of nitrogens with two attached hydrogens (primary N) is 1. The third-order valence-corrected chi connectivity index (χ3v) is 4.27. The van der Waals surface area contributed by atoms with E-state index in [1.807, 2.05) is 18.2 Å². The maximum absolute atomic E-state index is 11.9. The van der Waals surface area contributed by atoms with Crippen LogP contribution in [0.4, 0.5) is 0 Å². The first-order chi connectivity index (χ1) is 10.6. The summed E-state index contributed by atoms with van der Waals surface area (Å²) >= 11 is 1.06. The van der Waals surface area contributed by atoms with Crippen molar-refractivity contribution in [1.29, 1.82) is 5.26 Å². The largest absolute Gasteiger partial charge is 0.496 e. The minimum atomic E-state index is -0.511. The first-order valence-electron chi connectivity index (χ1n) is 6.55. The summed E-state index contributed by atoms with van der Waals surface area (Å²) in [6, 6.07) is 9.40. The zero-order valence-electron chi connectivity index (χ0n) is 12.0. The molecule has 0 fully saturated rings. The molecule has 0 unspecified atom stereocenters. The molecular weight excluding hydrogens is 302 g/mol. The van der Waals surface area contributed by atoms with Crippen molar-refractivity contribution in [1.82, 2.24) is 5.32 Å². The molecule has 1 heterocycles. The van der Waals surface area contributed by atoms with Crippen molar-refractivity contribution in [3.8, 4) is 11.8 Å². The molecule has 0 radical (unpaired) electrons. The monoisotopic (exact) mass is 317 g/mol. The molecule has 114 valence electrons. The van der Waals surface area contributed by atoms with Gasteiger partial charge in [-0.1, -0.05) is 30.0 Å². The molecule has 1 aromatic rings. The van der Waals surface area contributed by atoms with Gasteiger partial charge in [0.15, 0.2) is 0 Å². The van der Waals surface area contributed by atoms with Gasteiger partial charge in [-0.3, -0.25) is 9.59 Å². The molecule has 1 aromatic carbocycles. The molecule has 0 bridgehead atoms. The van der Waals surface area contributed by atoms with Crippen LogP contribution in [0.2, 0.25) is 0 Å². The Morgan fingerprint density at radius 1 is 1.55 bits per heavy atom. The molecule has 2 amide bonds. The average molecular weight is 317 g/mol. The Labute approximate surface area is 132 Å². The molecule has 2 rings (SSSR count). The number of hydrogen-bond donors (Lipinski definition) is 2. The summed E-state index contributed by atoms with van der Waals surface area (Å²) in [6.45, 7) is 0. The van der Waals surface area contributed by atoms with Gasteiger partial charge in [-0.05, 0) is 6.07 Å². The van der Waals surface area contributed by atoms with E-state index in [2.05, 4.69) is 11.4 Å². The number of amides is 2. The molecule has 1 aliphatic rings. The highest BCUT2D eigenvalue weighted by atomic mass is 32.2. The summed E-state index contributed by atoms with van der Waals surface area (Å²) in [5, 5.41) is 12.5. The number of carbonyl (C=O) groups is 2. The summed E-state index contributed by atoms with van der Waals surface area (Å²) in [6.07, 6.45) is 0.157. The Morgan fingerprint density at radius 3 is 2.91 bits per heavy atom. The van der Waals surface area contributed by atoms with Crippen LogP contribution < -0.4 is 15.8 Å². The van der Waals surface area contributed by atoms with Crippen LogP contribution in [0, 0.1) is 11.3 Å². The predicted octanol–water partition coefficient (Wildman–Crippen LogP) is 1.25. The van der Waals surface area contributed by atoms with Crippen molar-refractivity contribution >= 4 is 23.6 Å². The van der Waals surface area contributed by atoms with E-state index in [1.54, 1.807) is 13.2 Å². The number of primary amides is 1. The highest BCUT2D eigenvalue weighted by Gasteiger charge is 2.31. The summed E-state index contributed by atoms with van der Waals surface area (Å²) in [5.74, 6) is -0.496. The van der Waals surface area contributed by atoms with E-state index in [-0.39, 0.29) is 18.1 Å². The van der Waals surface area contributed by atoms with Crippen molar-refractivity contribution in [3.05, 3.63) is 40.4 Å². The molecule has 0 aromatic heterocycles. The van der Waals surface area contributed by atoms with Crippen LogP contribution in [-0.4, -0.2) is 24.7 Å². The van der Waals surface area contributed by atoms with Gasteiger partial charge in [0.05, 0.1) is 29.5 Å². The number of rotatable bonds is 5. The fourth-order valence-electron chi connectivity index (χ4n) is 2.30. The summed E-state index contributed by atoms with van der Waals surface area (Å²) < 4.78 is 5.32. The van der Waals surface area contributed by atoms with Crippen LogP contribution in [-0.2, 0) is 9.59 Å². The van der Waals surface area contributed by atoms with Crippen LogP contribution in [0.3, 0.4) is 0 Å². The van der Waals surface area contributed by atoms with Crippen LogP contribution in [0.1, 0.15) is 17.9 Å². The quantitative estimate of drug-likeness (QED) is 0.850. The lowest BCUT2D eigenvalue weighted by Gasteiger charge is -2.26. The van der Waals surface area contributed by atoms with Gasteiger partial charge in [0.25, 0.3) is 0 Å². The van der Waals surface area contributed by atoms with Gasteiger partial charge in [0.2, 0.25) is 11.8 Å². The number of nitriles is 1. The summed E-state index contributed by atoms with van der Waals surface area (Å²) in [4.78, 5) is 22.9. The molecule has 7 heteroatoms. The Bertz CT molecular complexity index is 679. The lowest BCUT2D eigenvalue weighted by molar-refractivity contribution is -0.121. The number of methoxy groups -OCH3 is 1. The third-order valence-electron chi connectivity index (χ3n) is 3.23. The number of ether oxygens (including phenoxy) is 1. The standard InChI is InChI=1S/C15H15N3O3S/c1-21-12-5-3-2-4-9(12)10-6-14(20)18-15(11(10)7-16)22-8-13(17)19/h2-5,10H,6,8H2,1H3,(H2,17,19)(H,18,20)/t10-/m0/s1. The Balaban J connectivity index is 2.44. The molecule has 0 spiro atoms. The Kier molecular flexibility index (Phi) is 5.07. The second kappa shape index (κ2) is 7.00. The van der Waals surface area contributed by atoms with Gasteiger partial charge in [-0.2, -0.15) is 5.26 Å². The zero-order valence-corrected chi connectivity index (χ0v) is 12.8. The minimum absolute atomic E-state index is 0.000558. The van der Waals surface area contributed by atoms with E-state index in [1.165, 1.54) is 0 Å². The second-order valence-corrected chi connectivity index (χ2v) is 5.64. The normalized spacial score (nSPS) is 17.6. The van der Waals surface area contributed by atoms with E-state index in [4.69, 9.17) is 10.5 Å². The van der Waals surface area contributed by atoms with E-state index in [9.17, 15) is 14.9 Å². The topological polar surface area (TPSA) is 105 Å². The van der Waals surface area contributed by atoms with Gasteiger partial charge in [-0.15, -0.1) is 0 Å². The number of para-hydroxylation sites is 1. The number of carbonyl (C=O) groups excluding carboxylic acids is 2. The summed E-state index contributed by atoms with van der Waals surface area (Å²) in [7, 11) is 1.54. The first kappa shape index (κ1) is 15.9. The smallest absolute Gasteiger partial charge is 0.227 e. The van der Waals surface area contributed by atoms with Gasteiger partial charge >= 0.3 is 0 Å². The Morgan fingerprint density at radius 2 is 2.27 bits per heavy atom. The fourth-order valence-corrected chi connectivity index (χ4v) is 3.11. The van der Waals surface area contributed by atoms with Crippen LogP contribution >= 0.6 is 11.8 Å². The van der Waals surface area contributed by atoms with Gasteiger partial charge in [-0.25, -0.2) is 0 Å². The molecule has 6 nitrogen and oxygen atoms in total. The number of nitrogens with one attached hydrogen (secondary N) is 1. The highest BCUT2D eigenvalue weighted by molar-refractivity contribution is 8.03. The number of hydrogen-bond acceptors (Lipinski definition) is 5. The van der Waals surface area contributed by atoms with Crippen LogP contribution in [0.25, 0.3) is 0 Å². The average Bonchev–Trinajstić information content (AvgIpc) is 2.52. The fraction of sp³-hybridized carbons (Fsp3) is 0.267. The molecule has 0 aliphatic carbocycles. The van der Waals surface area contributed by atoms with Crippen molar-refractivity contribution in [2.24, 2.45) is 5.73 Å². The van der Waals surface area contributed by atoms with E-state index < -0.39 is 11.8 Å². The predicted molar refractivity (Wildman–Crippen MR) is 82.8 cm³/mol. The van der Waals surface area contributed by atoms with Crippen molar-refractivity contribution in [2.75, 3.05) is 12.9 Å². The number of nitrogens with zero attached hydrogens (tertiary/aromatic N) is 1. The maximum Gasteiger partial charge on any atom is 0.227 e. The molecule has 0 saturated carbocycles. The second-order valence-electron chi connectivity index (χ2n) is 4.66. The van der Waals surface area contributed by atoms with E-state index >= 15 is 0 Å². The lowest BCUT2D eigenvalue weighted by Crippen LogP contribution is -2.31. The molecule has 0 saturated heterocycles. The third kappa shape index (κ3) is 3.40. The lowest BCUT2D eigenvalue weighted by atomic mass is 9.86. The van der Waals surface area contributed by atoms with Crippen molar-refractivity contribution in [2.45, 2.75) is 12.3 Å². The molecular formula is C15H15N3O3S. The van der Waals surface area contributed by atoms with Crippen molar-refractivity contribution in [3.63, 3.8) is 0 Å². The van der Waals surface area contributed by atoms with Gasteiger partial charge in [0.1, 0.15) is 5.75 Å². The van der Waals surface area contributed by atoms with E-state index in [0.717, 1.165) is 17.3 Å². The SMILES string of the molecule is COc1ccccc1[C@@H]1CC(=O)NC(SCC(N)=O)=C1C#N. The highest BCUT2D eigenvalue weighted by Crippen LogP contribution is 2.39. The van der Waals surface area contributed by atoms with E-state index in [0.29, 0.717) is 16.4 Å². The van der Waals surface area contributed by atoms with Crippen LogP contribution in [0.15, 0.2) is 34.9 Å². The summed E-state index contributed by atoms with van der Waals surface area (Å²) in [5.41, 5.74) is 6.31. The zero-order chi connectivity index (χ0) is 16.1. The van der Waals surface area contributed by atoms with Crippen LogP contribution in [0.5, 0.6) is 5.75 Å². The Hall–Kier alpha value is -2.46. The first-order valence-corrected chi connectivity index (χ1v) is 7.53. The molecule has 3 N–H and O–H groups in total. The molecule has 22 heavy (non-hydrogen) atoms. The van der Waals surface area contributed by atoms with Crippen molar-refractivity contribution < 1.29 is 14.3 Å². The molecule has 1 atom stereocenters. The van der Waals surface area contributed by atoms with Gasteiger partial charge in [0, 0.05) is 17.9 Å². The number of benzene rings is 1. The number of allylic oxidation sites excluding steroid dienone is 1. The maximum atomic E-state index is 11.9. The molecule has 1 aliphatic heterocycles.